The van der Waals surface area contributed by atoms with Gasteiger partial charge in [0, 0.05) is 26.2 Å². The van der Waals surface area contributed by atoms with Gasteiger partial charge in [0.2, 0.25) is 0 Å². The number of morpholine rings is 1. The van der Waals surface area contributed by atoms with Gasteiger partial charge in [0.05, 0.1) is 13.2 Å². The molecule has 0 aromatic heterocycles. The van der Waals surface area contributed by atoms with Crippen molar-refractivity contribution >= 4 is 0 Å². The maximum Gasteiger partial charge on any atom is 0.0594 e. The number of hydrogen-bond donors (Lipinski definition) is 1. The molecule has 1 aliphatic heterocycles. The zero-order chi connectivity index (χ0) is 12.5. The molecule has 0 bridgehead atoms. The molecule has 0 unspecified atom stereocenters. The summed E-state index contributed by atoms with van der Waals surface area (Å²) in [5.74, 6) is 0. The summed E-state index contributed by atoms with van der Waals surface area (Å²) >= 11 is 0. The largest absolute Gasteiger partial charge is 0.379 e. The first kappa shape index (κ1) is 13.5. The number of rotatable bonds is 7. The first-order valence-corrected chi connectivity index (χ1v) is 7.00. The summed E-state index contributed by atoms with van der Waals surface area (Å²) in [6.45, 7) is 7.32. The Morgan fingerprint density at radius 3 is 2.61 bits per heavy atom. The standard InChI is InChI=1S/C15H24N2O/c1-2-5-15(6-3-1)7-4-8-16-9-10-17-11-13-18-14-12-17/h1-3,5-6,16H,4,7-14H2. The van der Waals surface area contributed by atoms with E-state index in [0.29, 0.717) is 0 Å². The molecule has 1 heterocycles. The van der Waals surface area contributed by atoms with Gasteiger partial charge in [-0.05, 0) is 24.9 Å². The van der Waals surface area contributed by atoms with Crippen molar-refractivity contribution in [2.45, 2.75) is 12.8 Å². The molecule has 1 saturated heterocycles. The molecule has 0 atom stereocenters. The van der Waals surface area contributed by atoms with Crippen LogP contribution in [0.25, 0.3) is 0 Å². The van der Waals surface area contributed by atoms with Crippen molar-refractivity contribution < 1.29 is 4.74 Å². The smallest absolute Gasteiger partial charge is 0.0594 e. The molecule has 0 spiro atoms. The molecule has 1 fully saturated rings. The number of aryl methyl sites for hydroxylation is 1. The van der Waals surface area contributed by atoms with Crippen molar-refractivity contribution in [3.63, 3.8) is 0 Å². The van der Waals surface area contributed by atoms with Gasteiger partial charge in [-0.2, -0.15) is 0 Å². The van der Waals surface area contributed by atoms with Crippen LogP contribution in [0.4, 0.5) is 0 Å². The fraction of sp³-hybridized carbons (Fsp3) is 0.600. The molecule has 0 saturated carbocycles. The summed E-state index contributed by atoms with van der Waals surface area (Å²) in [4.78, 5) is 2.47. The van der Waals surface area contributed by atoms with Gasteiger partial charge in [0.15, 0.2) is 0 Å². The highest BCUT2D eigenvalue weighted by Gasteiger charge is 2.08. The number of hydrogen-bond acceptors (Lipinski definition) is 3. The molecule has 2 rings (SSSR count). The predicted octanol–water partition coefficient (Wildman–Crippen LogP) is 1.54. The zero-order valence-electron chi connectivity index (χ0n) is 11.1. The molecular weight excluding hydrogens is 224 g/mol. The molecule has 18 heavy (non-hydrogen) atoms. The van der Waals surface area contributed by atoms with E-state index in [1.807, 2.05) is 0 Å². The Balaban J connectivity index is 1.46. The van der Waals surface area contributed by atoms with Gasteiger partial charge in [-0.15, -0.1) is 0 Å². The Morgan fingerprint density at radius 2 is 1.83 bits per heavy atom. The van der Waals surface area contributed by atoms with Gasteiger partial charge >= 0.3 is 0 Å². The quantitative estimate of drug-likeness (QED) is 0.741. The van der Waals surface area contributed by atoms with Crippen LogP contribution in [0.3, 0.4) is 0 Å². The van der Waals surface area contributed by atoms with Crippen LogP contribution < -0.4 is 5.32 Å². The van der Waals surface area contributed by atoms with Gasteiger partial charge in [-0.3, -0.25) is 4.90 Å². The third-order valence-corrected chi connectivity index (χ3v) is 3.37. The topological polar surface area (TPSA) is 24.5 Å². The first-order chi connectivity index (χ1) is 8.95. The molecule has 1 N–H and O–H groups in total. The number of ether oxygens (including phenoxy) is 1. The molecule has 1 aromatic carbocycles. The lowest BCUT2D eigenvalue weighted by Crippen LogP contribution is -2.40. The highest BCUT2D eigenvalue weighted by molar-refractivity contribution is 5.14. The average Bonchev–Trinajstić information content (AvgIpc) is 2.45. The second-order valence-electron chi connectivity index (χ2n) is 4.79. The maximum atomic E-state index is 5.33. The molecule has 0 radical (unpaired) electrons. The maximum absolute atomic E-state index is 5.33. The minimum Gasteiger partial charge on any atom is -0.379 e. The summed E-state index contributed by atoms with van der Waals surface area (Å²) in [5.41, 5.74) is 1.44. The Hall–Kier alpha value is -0.900. The van der Waals surface area contributed by atoms with Crippen molar-refractivity contribution in [1.29, 1.82) is 0 Å². The predicted molar refractivity (Wildman–Crippen MR) is 74.9 cm³/mol. The molecule has 3 heteroatoms. The van der Waals surface area contributed by atoms with Gasteiger partial charge in [-0.1, -0.05) is 30.3 Å². The van der Waals surface area contributed by atoms with Crippen LogP contribution in [-0.2, 0) is 11.2 Å². The molecule has 0 amide bonds. The summed E-state index contributed by atoms with van der Waals surface area (Å²) in [5, 5.41) is 3.52. The second kappa shape index (κ2) is 8.25. The van der Waals surface area contributed by atoms with Crippen LogP contribution >= 0.6 is 0 Å². The minimum atomic E-state index is 0.897. The van der Waals surface area contributed by atoms with Crippen molar-refractivity contribution in [3.05, 3.63) is 35.9 Å². The van der Waals surface area contributed by atoms with Crippen molar-refractivity contribution in [2.24, 2.45) is 0 Å². The fourth-order valence-electron chi connectivity index (χ4n) is 2.25. The SMILES string of the molecule is c1ccc(CCCNCCN2CCOCC2)cc1. The average molecular weight is 248 g/mol. The Morgan fingerprint density at radius 1 is 1.06 bits per heavy atom. The number of benzene rings is 1. The van der Waals surface area contributed by atoms with Crippen LogP contribution in [-0.4, -0.2) is 50.8 Å². The molecule has 1 aromatic rings. The van der Waals surface area contributed by atoms with Crippen LogP contribution in [0.1, 0.15) is 12.0 Å². The molecule has 100 valence electrons. The lowest BCUT2D eigenvalue weighted by atomic mass is 10.1. The van der Waals surface area contributed by atoms with Crippen LogP contribution in [0.5, 0.6) is 0 Å². The van der Waals surface area contributed by atoms with E-state index in [0.717, 1.165) is 45.9 Å². The highest BCUT2D eigenvalue weighted by Crippen LogP contribution is 2.01. The monoisotopic (exact) mass is 248 g/mol. The lowest BCUT2D eigenvalue weighted by Gasteiger charge is -2.26. The highest BCUT2D eigenvalue weighted by atomic mass is 16.5. The van der Waals surface area contributed by atoms with Gasteiger partial charge in [-0.25, -0.2) is 0 Å². The van der Waals surface area contributed by atoms with Crippen molar-refractivity contribution in [2.75, 3.05) is 45.9 Å². The third-order valence-electron chi connectivity index (χ3n) is 3.37. The summed E-state index contributed by atoms with van der Waals surface area (Å²) in [6.07, 6.45) is 2.39. The first-order valence-electron chi connectivity index (χ1n) is 7.00. The van der Waals surface area contributed by atoms with E-state index in [9.17, 15) is 0 Å². The van der Waals surface area contributed by atoms with Crippen molar-refractivity contribution in [1.82, 2.24) is 10.2 Å². The van der Waals surface area contributed by atoms with Gasteiger partial charge in [0.1, 0.15) is 0 Å². The van der Waals surface area contributed by atoms with E-state index in [2.05, 4.69) is 40.5 Å². The Bertz CT molecular complexity index is 310. The molecule has 1 aliphatic rings. The number of nitrogens with zero attached hydrogens (tertiary/aromatic N) is 1. The molecule has 0 aliphatic carbocycles. The summed E-state index contributed by atoms with van der Waals surface area (Å²) in [7, 11) is 0. The van der Waals surface area contributed by atoms with Crippen LogP contribution in [0.2, 0.25) is 0 Å². The summed E-state index contributed by atoms with van der Waals surface area (Å²) in [6, 6.07) is 10.7. The normalized spacial score (nSPS) is 16.9. The molecular formula is C15H24N2O. The van der Waals surface area contributed by atoms with E-state index in [4.69, 9.17) is 4.74 Å². The van der Waals surface area contributed by atoms with Crippen LogP contribution in [0.15, 0.2) is 30.3 Å². The van der Waals surface area contributed by atoms with E-state index in [1.165, 1.54) is 18.4 Å². The minimum absolute atomic E-state index is 0.897. The van der Waals surface area contributed by atoms with E-state index in [1.54, 1.807) is 0 Å². The molecule has 3 nitrogen and oxygen atoms in total. The van der Waals surface area contributed by atoms with E-state index >= 15 is 0 Å². The second-order valence-corrected chi connectivity index (χ2v) is 4.79. The van der Waals surface area contributed by atoms with Crippen LogP contribution in [0, 0.1) is 0 Å². The number of nitrogens with one attached hydrogen (secondary N) is 1. The fourth-order valence-corrected chi connectivity index (χ4v) is 2.25. The summed E-state index contributed by atoms with van der Waals surface area (Å²) < 4.78 is 5.33. The van der Waals surface area contributed by atoms with Gasteiger partial charge in [0.25, 0.3) is 0 Å². The lowest BCUT2D eigenvalue weighted by molar-refractivity contribution is 0.0384. The zero-order valence-corrected chi connectivity index (χ0v) is 11.1. The Kier molecular flexibility index (Phi) is 6.20. The van der Waals surface area contributed by atoms with Crippen molar-refractivity contribution in [3.8, 4) is 0 Å². The Labute approximate surface area is 110 Å². The van der Waals surface area contributed by atoms with E-state index < -0.39 is 0 Å². The third kappa shape index (κ3) is 5.17. The van der Waals surface area contributed by atoms with Gasteiger partial charge < -0.3 is 10.1 Å². The van der Waals surface area contributed by atoms with E-state index in [-0.39, 0.29) is 0 Å².